The Labute approximate surface area is 156 Å². The van der Waals surface area contributed by atoms with Gasteiger partial charge in [0.05, 0.1) is 11.1 Å². The van der Waals surface area contributed by atoms with Gasteiger partial charge in [0.25, 0.3) is 0 Å². The molecule has 0 aromatic heterocycles. The van der Waals surface area contributed by atoms with Crippen molar-refractivity contribution < 1.29 is 24.2 Å². The number of phenols is 2. The SMILES string of the molecule is O=C(c1ccc(O)c(C(=O)c2ccc(F)cc2)c1)c1cc(Br)ccc1O. The lowest BCUT2D eigenvalue weighted by molar-refractivity contribution is 0.103. The lowest BCUT2D eigenvalue weighted by Gasteiger charge is -2.08. The van der Waals surface area contributed by atoms with Crippen molar-refractivity contribution in [3.63, 3.8) is 0 Å². The van der Waals surface area contributed by atoms with Crippen LogP contribution in [0.4, 0.5) is 4.39 Å². The second kappa shape index (κ2) is 7.09. The van der Waals surface area contributed by atoms with Crippen LogP contribution in [0.1, 0.15) is 31.8 Å². The van der Waals surface area contributed by atoms with E-state index in [4.69, 9.17) is 0 Å². The number of rotatable bonds is 4. The van der Waals surface area contributed by atoms with Crippen molar-refractivity contribution in [1.82, 2.24) is 0 Å². The van der Waals surface area contributed by atoms with Crippen LogP contribution in [0.5, 0.6) is 11.5 Å². The van der Waals surface area contributed by atoms with Crippen molar-refractivity contribution in [3.8, 4) is 11.5 Å². The molecule has 0 saturated carbocycles. The van der Waals surface area contributed by atoms with Crippen LogP contribution in [0.15, 0.2) is 65.1 Å². The first kappa shape index (κ1) is 17.8. The molecule has 0 radical (unpaired) electrons. The van der Waals surface area contributed by atoms with Crippen LogP contribution in [-0.4, -0.2) is 21.8 Å². The Morgan fingerprint density at radius 1 is 0.731 bits per heavy atom. The van der Waals surface area contributed by atoms with Gasteiger partial charge in [-0.1, -0.05) is 15.9 Å². The van der Waals surface area contributed by atoms with Crippen LogP contribution in [0.3, 0.4) is 0 Å². The number of benzene rings is 3. The van der Waals surface area contributed by atoms with Crippen molar-refractivity contribution >= 4 is 27.5 Å². The molecule has 0 amide bonds. The third-order valence-electron chi connectivity index (χ3n) is 3.81. The van der Waals surface area contributed by atoms with Crippen LogP contribution in [0.2, 0.25) is 0 Å². The molecule has 0 aliphatic rings. The van der Waals surface area contributed by atoms with Gasteiger partial charge in [0, 0.05) is 15.6 Å². The molecule has 0 heterocycles. The molecule has 0 atom stereocenters. The summed E-state index contributed by atoms with van der Waals surface area (Å²) in [6, 6.07) is 13.2. The molecule has 0 aliphatic heterocycles. The molecule has 0 aliphatic carbocycles. The molecule has 3 rings (SSSR count). The summed E-state index contributed by atoms with van der Waals surface area (Å²) in [5.74, 6) is -2.03. The monoisotopic (exact) mass is 414 g/mol. The maximum Gasteiger partial charge on any atom is 0.196 e. The fourth-order valence-corrected chi connectivity index (χ4v) is 2.82. The van der Waals surface area contributed by atoms with Crippen molar-refractivity contribution in [2.24, 2.45) is 0 Å². The maximum absolute atomic E-state index is 13.0. The number of aromatic hydroxyl groups is 2. The molecule has 0 unspecified atom stereocenters. The molecule has 3 aromatic rings. The normalized spacial score (nSPS) is 10.5. The standard InChI is InChI=1S/C20H12BrFO4/c21-13-4-8-18(24)16(10-13)20(26)12-3-7-17(23)15(9-12)19(25)11-1-5-14(22)6-2-11/h1-10,23-24H. The maximum atomic E-state index is 13.0. The third-order valence-corrected chi connectivity index (χ3v) is 4.31. The van der Waals surface area contributed by atoms with Crippen molar-refractivity contribution in [2.75, 3.05) is 0 Å². The molecule has 0 saturated heterocycles. The van der Waals surface area contributed by atoms with E-state index in [0.29, 0.717) is 4.47 Å². The van der Waals surface area contributed by atoms with Crippen LogP contribution in [0.25, 0.3) is 0 Å². The summed E-state index contributed by atoms with van der Waals surface area (Å²) in [5, 5.41) is 19.9. The Balaban J connectivity index is 2.02. The summed E-state index contributed by atoms with van der Waals surface area (Å²) in [6.07, 6.45) is 0. The molecule has 2 N–H and O–H groups in total. The quantitative estimate of drug-likeness (QED) is 0.617. The van der Waals surface area contributed by atoms with E-state index in [1.54, 1.807) is 6.07 Å². The number of hydrogen-bond acceptors (Lipinski definition) is 4. The minimum atomic E-state index is -0.546. The van der Waals surface area contributed by atoms with Gasteiger partial charge in [0.15, 0.2) is 11.6 Å². The Morgan fingerprint density at radius 3 is 1.88 bits per heavy atom. The summed E-state index contributed by atoms with van der Waals surface area (Å²) < 4.78 is 13.6. The Kier molecular flexibility index (Phi) is 4.86. The minimum Gasteiger partial charge on any atom is -0.507 e. The topological polar surface area (TPSA) is 74.6 Å². The van der Waals surface area contributed by atoms with E-state index in [1.807, 2.05) is 0 Å². The fourth-order valence-electron chi connectivity index (χ4n) is 2.46. The molecule has 0 fully saturated rings. The van der Waals surface area contributed by atoms with Gasteiger partial charge in [0.2, 0.25) is 0 Å². The predicted molar refractivity (Wildman–Crippen MR) is 97.2 cm³/mol. The van der Waals surface area contributed by atoms with Gasteiger partial charge in [0.1, 0.15) is 17.3 Å². The summed E-state index contributed by atoms with van der Waals surface area (Å²) in [7, 11) is 0. The van der Waals surface area contributed by atoms with E-state index in [1.165, 1.54) is 42.5 Å². The fraction of sp³-hybridized carbons (Fsp3) is 0. The van der Waals surface area contributed by atoms with Crippen LogP contribution in [0, 0.1) is 5.82 Å². The number of halogens is 2. The second-order valence-corrected chi connectivity index (χ2v) is 6.47. The van der Waals surface area contributed by atoms with E-state index < -0.39 is 17.4 Å². The summed E-state index contributed by atoms with van der Waals surface area (Å²) in [6.45, 7) is 0. The predicted octanol–water partition coefficient (Wildman–Crippen LogP) is 4.46. The number of hydrogen-bond donors (Lipinski definition) is 2. The molecular weight excluding hydrogens is 403 g/mol. The zero-order valence-electron chi connectivity index (χ0n) is 13.2. The second-order valence-electron chi connectivity index (χ2n) is 5.56. The van der Waals surface area contributed by atoms with Crippen molar-refractivity contribution in [3.05, 3.63) is 93.2 Å². The average Bonchev–Trinajstić information content (AvgIpc) is 2.63. The molecule has 130 valence electrons. The smallest absolute Gasteiger partial charge is 0.196 e. The molecule has 0 spiro atoms. The molecule has 6 heteroatoms. The molecular formula is C20H12BrFO4. The minimum absolute atomic E-state index is 0.0604. The van der Waals surface area contributed by atoms with Gasteiger partial charge >= 0.3 is 0 Å². The van der Waals surface area contributed by atoms with Crippen molar-refractivity contribution in [2.45, 2.75) is 0 Å². The highest BCUT2D eigenvalue weighted by atomic mass is 79.9. The van der Waals surface area contributed by atoms with Crippen LogP contribution in [-0.2, 0) is 0 Å². The zero-order valence-corrected chi connectivity index (χ0v) is 14.8. The Bertz CT molecular complexity index is 1010. The van der Waals surface area contributed by atoms with Crippen molar-refractivity contribution in [1.29, 1.82) is 0 Å². The Morgan fingerprint density at radius 2 is 1.23 bits per heavy atom. The summed E-state index contributed by atoms with van der Waals surface area (Å²) in [5.41, 5.74) is 0.278. The van der Waals surface area contributed by atoms with E-state index in [-0.39, 0.29) is 33.8 Å². The highest BCUT2D eigenvalue weighted by molar-refractivity contribution is 9.10. The largest absolute Gasteiger partial charge is 0.507 e. The lowest BCUT2D eigenvalue weighted by atomic mass is 9.96. The van der Waals surface area contributed by atoms with E-state index in [2.05, 4.69) is 15.9 Å². The van der Waals surface area contributed by atoms with Gasteiger partial charge in [-0.2, -0.15) is 0 Å². The number of ketones is 2. The molecule has 0 bridgehead atoms. The molecule has 4 nitrogen and oxygen atoms in total. The van der Waals surface area contributed by atoms with Gasteiger partial charge in [-0.15, -0.1) is 0 Å². The van der Waals surface area contributed by atoms with Crippen LogP contribution < -0.4 is 0 Å². The van der Waals surface area contributed by atoms with Gasteiger partial charge in [-0.3, -0.25) is 9.59 Å². The van der Waals surface area contributed by atoms with E-state index in [9.17, 15) is 24.2 Å². The number of carbonyl (C=O) groups excluding carboxylic acids is 2. The summed E-state index contributed by atoms with van der Waals surface area (Å²) >= 11 is 3.23. The zero-order chi connectivity index (χ0) is 18.8. The summed E-state index contributed by atoms with van der Waals surface area (Å²) in [4.78, 5) is 25.2. The first-order valence-corrected chi connectivity index (χ1v) is 8.32. The first-order chi connectivity index (χ1) is 12.4. The average molecular weight is 415 g/mol. The Hall–Kier alpha value is -2.99. The number of carbonyl (C=O) groups is 2. The number of phenolic OH excluding ortho intramolecular Hbond substituents is 2. The highest BCUT2D eigenvalue weighted by Crippen LogP contribution is 2.27. The van der Waals surface area contributed by atoms with Gasteiger partial charge < -0.3 is 10.2 Å². The van der Waals surface area contributed by atoms with E-state index in [0.717, 1.165) is 12.1 Å². The van der Waals surface area contributed by atoms with Gasteiger partial charge in [-0.05, 0) is 60.7 Å². The van der Waals surface area contributed by atoms with Gasteiger partial charge in [-0.25, -0.2) is 4.39 Å². The first-order valence-electron chi connectivity index (χ1n) is 7.53. The molecule has 26 heavy (non-hydrogen) atoms. The third kappa shape index (κ3) is 3.50. The van der Waals surface area contributed by atoms with Crippen LogP contribution >= 0.6 is 15.9 Å². The lowest BCUT2D eigenvalue weighted by Crippen LogP contribution is -2.06. The molecule has 3 aromatic carbocycles. The van der Waals surface area contributed by atoms with E-state index >= 15 is 0 Å². The highest BCUT2D eigenvalue weighted by Gasteiger charge is 2.19.